The lowest BCUT2D eigenvalue weighted by Gasteiger charge is -2.23. The molecule has 1 fully saturated rings. The molecule has 0 aliphatic carbocycles. The average Bonchev–Trinajstić information content (AvgIpc) is 3.11. The molecule has 0 amide bonds. The summed E-state index contributed by atoms with van der Waals surface area (Å²) in [6.07, 6.45) is 2.63. The Labute approximate surface area is 194 Å². The first-order chi connectivity index (χ1) is 15.4. The molecule has 0 unspecified atom stereocenters. The lowest BCUT2D eigenvalue weighted by Crippen LogP contribution is -2.21. The molecule has 0 radical (unpaired) electrons. The summed E-state index contributed by atoms with van der Waals surface area (Å²) >= 11 is 6.44. The predicted octanol–water partition coefficient (Wildman–Crippen LogP) is 4.90. The summed E-state index contributed by atoms with van der Waals surface area (Å²) in [7, 11) is -3.43. The number of aromatic nitrogens is 2. The van der Waals surface area contributed by atoms with Crippen molar-refractivity contribution in [1.29, 1.82) is 0 Å². The van der Waals surface area contributed by atoms with E-state index < -0.39 is 9.84 Å². The molecule has 0 saturated carbocycles. The number of ether oxygens (including phenoxy) is 2. The molecule has 3 aromatic rings. The van der Waals surface area contributed by atoms with E-state index >= 15 is 0 Å². The maximum atomic E-state index is 12.5. The summed E-state index contributed by atoms with van der Waals surface area (Å²) in [4.78, 5) is 5.01. The normalized spacial score (nSPS) is 15.3. The second-order valence-electron chi connectivity index (χ2n) is 8.12. The number of hydrogen-bond acceptors (Lipinski definition) is 5. The van der Waals surface area contributed by atoms with Crippen LogP contribution >= 0.6 is 11.6 Å². The van der Waals surface area contributed by atoms with E-state index in [-0.39, 0.29) is 15.7 Å². The van der Waals surface area contributed by atoms with Crippen LogP contribution in [-0.4, -0.2) is 43.5 Å². The average molecular weight is 477 g/mol. The van der Waals surface area contributed by atoms with Gasteiger partial charge in [-0.1, -0.05) is 30.7 Å². The standard InChI is InChI=1S/C24H29ClN2O4S/c1-3-31-19-7-5-17(6-8-19)13-24-26-21-15-23(32(28,29)4-2)20(25)14-22(21)27(24)16-18-9-11-30-12-10-18/h5-8,14-15,18H,3-4,9-13,16H2,1-2H3. The zero-order valence-corrected chi connectivity index (χ0v) is 20.1. The van der Waals surface area contributed by atoms with Gasteiger partial charge in [-0.3, -0.25) is 0 Å². The first kappa shape index (κ1) is 23.1. The summed E-state index contributed by atoms with van der Waals surface area (Å²) in [5, 5.41) is 0.250. The Morgan fingerprint density at radius 1 is 1.16 bits per heavy atom. The fourth-order valence-corrected chi connectivity index (χ4v) is 5.62. The second-order valence-corrected chi connectivity index (χ2v) is 10.8. The van der Waals surface area contributed by atoms with Crippen LogP contribution in [0.5, 0.6) is 5.75 Å². The number of nitrogens with zero attached hydrogens (tertiary/aromatic N) is 2. The minimum Gasteiger partial charge on any atom is -0.494 e. The van der Waals surface area contributed by atoms with Gasteiger partial charge in [0.15, 0.2) is 9.84 Å². The Bertz CT molecular complexity index is 1180. The van der Waals surface area contributed by atoms with Gasteiger partial charge >= 0.3 is 0 Å². The van der Waals surface area contributed by atoms with Crippen molar-refractivity contribution < 1.29 is 17.9 Å². The third-order valence-corrected chi connectivity index (χ3v) is 8.17. The van der Waals surface area contributed by atoms with E-state index in [0.717, 1.165) is 55.3 Å². The number of hydrogen-bond donors (Lipinski definition) is 0. The van der Waals surface area contributed by atoms with Crippen molar-refractivity contribution in [3.8, 4) is 5.75 Å². The van der Waals surface area contributed by atoms with Gasteiger partial charge in [0.2, 0.25) is 0 Å². The molecule has 2 aromatic carbocycles. The van der Waals surface area contributed by atoms with Gasteiger partial charge in [-0.2, -0.15) is 0 Å². The molecule has 8 heteroatoms. The monoisotopic (exact) mass is 476 g/mol. The number of rotatable bonds is 8. The summed E-state index contributed by atoms with van der Waals surface area (Å²) < 4.78 is 38.3. The highest BCUT2D eigenvalue weighted by Crippen LogP contribution is 2.31. The first-order valence-corrected chi connectivity index (χ1v) is 13.1. The topological polar surface area (TPSA) is 70.4 Å². The van der Waals surface area contributed by atoms with Crippen LogP contribution in [0.2, 0.25) is 5.02 Å². The fraction of sp³-hybridized carbons (Fsp3) is 0.458. The van der Waals surface area contributed by atoms with Crippen LogP contribution in [0.25, 0.3) is 11.0 Å². The molecule has 6 nitrogen and oxygen atoms in total. The predicted molar refractivity (Wildman–Crippen MR) is 126 cm³/mol. The van der Waals surface area contributed by atoms with E-state index in [1.54, 1.807) is 19.1 Å². The molecule has 0 atom stereocenters. The Kier molecular flexibility index (Phi) is 7.08. The maximum Gasteiger partial charge on any atom is 0.179 e. The third-order valence-electron chi connectivity index (χ3n) is 5.97. The fourth-order valence-electron chi connectivity index (χ4n) is 4.15. The Hall–Kier alpha value is -2.09. The Balaban J connectivity index is 1.75. The molecule has 32 heavy (non-hydrogen) atoms. The van der Waals surface area contributed by atoms with Gasteiger partial charge in [0.25, 0.3) is 0 Å². The van der Waals surface area contributed by atoms with E-state index in [4.69, 9.17) is 26.1 Å². The van der Waals surface area contributed by atoms with Crippen molar-refractivity contribution in [2.24, 2.45) is 5.92 Å². The van der Waals surface area contributed by atoms with Gasteiger partial charge < -0.3 is 14.0 Å². The van der Waals surface area contributed by atoms with E-state index in [1.165, 1.54) is 0 Å². The molecular weight excluding hydrogens is 448 g/mol. The molecule has 1 aliphatic rings. The molecule has 1 aliphatic heterocycles. The molecule has 2 heterocycles. The summed E-state index contributed by atoms with van der Waals surface area (Å²) in [6.45, 7) is 6.56. The van der Waals surface area contributed by atoms with Gasteiger partial charge in [0.05, 0.1) is 33.3 Å². The Morgan fingerprint density at radius 2 is 1.88 bits per heavy atom. The third kappa shape index (κ3) is 4.95. The van der Waals surface area contributed by atoms with E-state index in [9.17, 15) is 8.42 Å². The number of fused-ring (bicyclic) bond motifs is 1. The largest absolute Gasteiger partial charge is 0.494 e. The van der Waals surface area contributed by atoms with Crippen molar-refractivity contribution in [3.05, 3.63) is 52.8 Å². The number of benzene rings is 2. The zero-order chi connectivity index (χ0) is 22.7. The van der Waals surface area contributed by atoms with Crippen LogP contribution in [-0.2, 0) is 27.5 Å². The lowest BCUT2D eigenvalue weighted by molar-refractivity contribution is 0.0614. The smallest absolute Gasteiger partial charge is 0.179 e. The van der Waals surface area contributed by atoms with Crippen LogP contribution in [0.4, 0.5) is 0 Å². The minimum atomic E-state index is -3.43. The molecule has 1 aromatic heterocycles. The van der Waals surface area contributed by atoms with Crippen LogP contribution in [0, 0.1) is 5.92 Å². The second kappa shape index (κ2) is 9.81. The molecule has 172 valence electrons. The molecule has 1 saturated heterocycles. The Morgan fingerprint density at radius 3 is 2.53 bits per heavy atom. The zero-order valence-electron chi connectivity index (χ0n) is 18.5. The highest BCUT2D eigenvalue weighted by molar-refractivity contribution is 7.91. The molecule has 4 rings (SSSR count). The van der Waals surface area contributed by atoms with E-state index in [0.29, 0.717) is 24.5 Å². The van der Waals surface area contributed by atoms with Crippen LogP contribution < -0.4 is 4.74 Å². The summed E-state index contributed by atoms with van der Waals surface area (Å²) in [5.74, 6) is 2.23. The maximum absolute atomic E-state index is 12.5. The number of sulfone groups is 1. The van der Waals surface area contributed by atoms with Crippen LogP contribution in [0.15, 0.2) is 41.3 Å². The summed E-state index contributed by atoms with van der Waals surface area (Å²) in [6, 6.07) is 11.4. The molecular formula is C24H29ClN2O4S. The van der Waals surface area contributed by atoms with Gasteiger partial charge in [-0.15, -0.1) is 0 Å². The van der Waals surface area contributed by atoms with Gasteiger partial charge in [-0.05, 0) is 55.5 Å². The quantitative estimate of drug-likeness (QED) is 0.462. The highest BCUT2D eigenvalue weighted by Gasteiger charge is 2.23. The molecule has 0 bridgehead atoms. The van der Waals surface area contributed by atoms with Crippen LogP contribution in [0.1, 0.15) is 38.1 Å². The van der Waals surface area contributed by atoms with Crippen molar-refractivity contribution in [2.45, 2.75) is 44.6 Å². The summed E-state index contributed by atoms with van der Waals surface area (Å²) in [5.41, 5.74) is 2.65. The van der Waals surface area contributed by atoms with Crippen molar-refractivity contribution in [2.75, 3.05) is 25.6 Å². The van der Waals surface area contributed by atoms with Crippen molar-refractivity contribution in [3.63, 3.8) is 0 Å². The number of imidazole rings is 1. The lowest BCUT2D eigenvalue weighted by atomic mass is 10.00. The molecule has 0 N–H and O–H groups in total. The SMILES string of the molecule is CCOc1ccc(Cc2nc3cc(S(=O)(=O)CC)c(Cl)cc3n2CC2CCOCC2)cc1. The van der Waals surface area contributed by atoms with Gasteiger partial charge in [0, 0.05) is 26.2 Å². The van der Waals surface area contributed by atoms with Gasteiger partial charge in [-0.25, -0.2) is 13.4 Å². The molecule has 0 spiro atoms. The number of halogens is 1. The van der Waals surface area contributed by atoms with Crippen molar-refractivity contribution in [1.82, 2.24) is 9.55 Å². The van der Waals surface area contributed by atoms with Crippen molar-refractivity contribution >= 4 is 32.5 Å². The highest BCUT2D eigenvalue weighted by atomic mass is 35.5. The minimum absolute atomic E-state index is 0.0000458. The van der Waals surface area contributed by atoms with E-state index in [2.05, 4.69) is 4.57 Å². The van der Waals surface area contributed by atoms with Gasteiger partial charge in [0.1, 0.15) is 11.6 Å². The van der Waals surface area contributed by atoms with E-state index in [1.807, 2.05) is 31.2 Å². The van der Waals surface area contributed by atoms with Crippen LogP contribution in [0.3, 0.4) is 0 Å². The first-order valence-electron chi connectivity index (χ1n) is 11.1.